The zero-order valence-electron chi connectivity index (χ0n) is 36.5. The van der Waals surface area contributed by atoms with E-state index in [0.29, 0.717) is 25.7 Å². The molecule has 0 saturated heterocycles. The van der Waals surface area contributed by atoms with Crippen LogP contribution in [0.4, 0.5) is 0 Å². The van der Waals surface area contributed by atoms with E-state index in [0.717, 1.165) is 77.0 Å². The van der Waals surface area contributed by atoms with Crippen molar-refractivity contribution in [3.8, 4) is 0 Å². The monoisotopic (exact) mass is 763 g/mol. The quantitative estimate of drug-likeness (QED) is 0.0266. The van der Waals surface area contributed by atoms with Crippen molar-refractivity contribution in [1.29, 1.82) is 0 Å². The summed E-state index contributed by atoms with van der Waals surface area (Å²) in [6.45, 7) is 8.90. The molecule has 0 aromatic rings. The average molecular weight is 763 g/mol. The van der Waals surface area contributed by atoms with Gasteiger partial charge in [0, 0.05) is 12.8 Å². The third-order valence-electron chi connectivity index (χ3n) is 11.3. The number of unbranched alkanes of at least 4 members (excludes halogenated alkanes) is 30. The number of hydrogen-bond acceptors (Lipinski definition) is 6. The van der Waals surface area contributed by atoms with E-state index >= 15 is 0 Å². The van der Waals surface area contributed by atoms with Crippen molar-refractivity contribution in [2.24, 2.45) is 11.8 Å². The van der Waals surface area contributed by atoms with Crippen molar-refractivity contribution in [3.05, 3.63) is 0 Å². The third-order valence-corrected chi connectivity index (χ3v) is 11.3. The smallest absolute Gasteiger partial charge is 0.299 e. The molecule has 6 heteroatoms. The number of ketones is 2. The zero-order valence-corrected chi connectivity index (χ0v) is 36.5. The van der Waals surface area contributed by atoms with Crippen molar-refractivity contribution < 1.29 is 29.0 Å². The Kier molecular flexibility index (Phi) is 39.6. The minimum Gasteiger partial charge on any atom is -0.299 e. The zero-order chi connectivity index (χ0) is 39.7. The summed E-state index contributed by atoms with van der Waals surface area (Å²) in [5.41, 5.74) is 0. The van der Waals surface area contributed by atoms with Crippen LogP contribution in [0.3, 0.4) is 0 Å². The number of Topliss-reactive ketones (excluding diaryl/α,β-unsaturated/α-hetero) is 2. The highest BCUT2D eigenvalue weighted by Gasteiger charge is 2.32. The van der Waals surface area contributed by atoms with Crippen LogP contribution in [0.15, 0.2) is 0 Å². The van der Waals surface area contributed by atoms with E-state index in [1.54, 1.807) is 0 Å². The number of rotatable bonds is 42. The third kappa shape index (κ3) is 32.5. The van der Waals surface area contributed by atoms with Gasteiger partial charge in [-0.15, -0.1) is 0 Å². The van der Waals surface area contributed by atoms with E-state index in [-0.39, 0.29) is 11.6 Å². The largest absolute Gasteiger partial charge is 0.365 e. The summed E-state index contributed by atoms with van der Waals surface area (Å²) in [6, 6.07) is 0. The lowest BCUT2D eigenvalue weighted by Gasteiger charge is -2.16. The van der Waals surface area contributed by atoms with E-state index in [1.807, 2.05) is 0 Å². The van der Waals surface area contributed by atoms with Crippen molar-refractivity contribution >= 4 is 23.5 Å². The number of carbonyl (C=O) groups excluding carboxylic acids is 4. The van der Waals surface area contributed by atoms with Crippen molar-refractivity contribution in [2.45, 2.75) is 272 Å². The van der Waals surface area contributed by atoms with Gasteiger partial charge in [-0.05, 0) is 25.7 Å². The fourth-order valence-electron chi connectivity index (χ4n) is 7.55. The van der Waals surface area contributed by atoms with Crippen LogP contribution in [-0.2, 0) is 29.0 Å². The summed E-state index contributed by atoms with van der Waals surface area (Å²) >= 11 is 0. The van der Waals surface area contributed by atoms with Crippen LogP contribution in [0.1, 0.15) is 272 Å². The van der Waals surface area contributed by atoms with Gasteiger partial charge in [-0.2, -0.15) is 0 Å². The van der Waals surface area contributed by atoms with Gasteiger partial charge in [0.15, 0.2) is 0 Å². The van der Waals surface area contributed by atoms with Crippen LogP contribution in [0.25, 0.3) is 0 Å². The Hall–Kier alpha value is -1.72. The van der Waals surface area contributed by atoms with Crippen LogP contribution < -0.4 is 0 Å². The van der Waals surface area contributed by atoms with E-state index in [4.69, 9.17) is 9.78 Å². The summed E-state index contributed by atoms with van der Waals surface area (Å²) in [5.74, 6) is -3.61. The van der Waals surface area contributed by atoms with Gasteiger partial charge in [-0.1, -0.05) is 233 Å². The molecule has 0 aliphatic carbocycles. The summed E-state index contributed by atoms with van der Waals surface area (Å²) < 4.78 is 0. The normalized spacial score (nSPS) is 12.4. The van der Waals surface area contributed by atoms with Gasteiger partial charge in [0.25, 0.3) is 0 Å². The fourth-order valence-corrected chi connectivity index (χ4v) is 7.55. The molecule has 2 unspecified atom stereocenters. The molecule has 0 aliphatic rings. The lowest BCUT2D eigenvalue weighted by atomic mass is 9.92. The molecular weight excluding hydrogens is 673 g/mol. The van der Waals surface area contributed by atoms with Crippen LogP contribution in [0.5, 0.6) is 0 Å². The molecule has 0 aliphatic heterocycles. The molecule has 0 spiro atoms. The molecule has 0 N–H and O–H groups in total. The topological polar surface area (TPSA) is 86.7 Å². The molecule has 6 nitrogen and oxygen atoms in total. The predicted molar refractivity (Wildman–Crippen MR) is 227 cm³/mol. The van der Waals surface area contributed by atoms with E-state index in [2.05, 4.69) is 27.7 Å². The second-order valence-electron chi connectivity index (χ2n) is 16.5. The second kappa shape index (κ2) is 40.9. The minimum absolute atomic E-state index is 0.112. The lowest BCUT2D eigenvalue weighted by molar-refractivity contribution is -0.264. The Labute approximate surface area is 335 Å². The molecule has 2 atom stereocenters. The van der Waals surface area contributed by atoms with Gasteiger partial charge in [0.2, 0.25) is 0 Å². The Morgan fingerprint density at radius 2 is 0.500 bits per heavy atom. The van der Waals surface area contributed by atoms with Gasteiger partial charge >= 0.3 is 11.9 Å². The molecular formula is C48H90O6. The molecule has 0 radical (unpaired) electrons. The van der Waals surface area contributed by atoms with Gasteiger partial charge < -0.3 is 0 Å². The van der Waals surface area contributed by atoms with Crippen LogP contribution >= 0.6 is 0 Å². The van der Waals surface area contributed by atoms with Gasteiger partial charge in [0.1, 0.15) is 23.4 Å². The van der Waals surface area contributed by atoms with Crippen LogP contribution in [0, 0.1) is 11.8 Å². The first-order chi connectivity index (χ1) is 26.4. The van der Waals surface area contributed by atoms with Gasteiger partial charge in [0.05, 0.1) is 0 Å². The van der Waals surface area contributed by atoms with Crippen LogP contribution in [0.2, 0.25) is 0 Å². The molecule has 0 aromatic carbocycles. The molecule has 0 saturated carbocycles. The number of hydrogen-bond donors (Lipinski definition) is 0. The first kappa shape index (κ1) is 52.3. The van der Waals surface area contributed by atoms with E-state index in [1.165, 1.54) is 141 Å². The molecule has 318 valence electrons. The highest BCUT2D eigenvalue weighted by atomic mass is 17.2. The Balaban J connectivity index is 5.14. The molecule has 0 amide bonds. The first-order valence-electron chi connectivity index (χ1n) is 23.9. The Morgan fingerprint density at radius 3 is 0.741 bits per heavy atom. The predicted octanol–water partition coefficient (Wildman–Crippen LogP) is 15.3. The van der Waals surface area contributed by atoms with Crippen molar-refractivity contribution in [1.82, 2.24) is 0 Å². The molecule has 0 aromatic heterocycles. The Bertz CT molecular complexity index is 799. The average Bonchev–Trinajstić information content (AvgIpc) is 3.17. The molecule has 0 heterocycles. The van der Waals surface area contributed by atoms with Crippen molar-refractivity contribution in [3.63, 3.8) is 0 Å². The van der Waals surface area contributed by atoms with E-state index in [9.17, 15) is 19.2 Å². The lowest BCUT2D eigenvalue weighted by Crippen LogP contribution is -2.31. The van der Waals surface area contributed by atoms with E-state index < -0.39 is 23.8 Å². The second-order valence-corrected chi connectivity index (χ2v) is 16.5. The maximum atomic E-state index is 13.4. The van der Waals surface area contributed by atoms with Crippen LogP contribution in [-0.4, -0.2) is 23.5 Å². The SMILES string of the molecule is CCCCCCCCCCCC(=O)C(CCCCCCCCCC)C(=O)OOC(=O)C(CCCCCCCCCC)C(=O)CCCCCCCCCCC. The van der Waals surface area contributed by atoms with Gasteiger partial charge in [-0.25, -0.2) is 19.4 Å². The fraction of sp³-hybridized carbons (Fsp3) is 0.917. The standard InChI is InChI=1S/C48H90O6/c1-5-9-13-17-21-25-29-33-37-41-45(49)43(39-35-31-27-23-19-15-11-7-3)47(51)53-54-48(52)44(40-36-32-28-24-20-16-12-8-4)46(50)42-38-34-30-26-22-18-14-10-6-2/h43-44H,5-42H2,1-4H3. The highest BCUT2D eigenvalue weighted by Crippen LogP contribution is 2.22. The number of carbonyl (C=O) groups is 4. The Morgan fingerprint density at radius 1 is 0.296 bits per heavy atom. The minimum atomic E-state index is -0.921. The summed E-state index contributed by atoms with van der Waals surface area (Å²) in [6.07, 6.45) is 40.3. The van der Waals surface area contributed by atoms with Crippen molar-refractivity contribution in [2.75, 3.05) is 0 Å². The molecule has 54 heavy (non-hydrogen) atoms. The molecule has 0 rings (SSSR count). The highest BCUT2D eigenvalue weighted by molar-refractivity contribution is 6.00. The summed E-state index contributed by atoms with van der Waals surface area (Å²) in [7, 11) is 0. The molecule has 0 fully saturated rings. The first-order valence-corrected chi connectivity index (χ1v) is 23.9. The van der Waals surface area contributed by atoms with Gasteiger partial charge in [-0.3, -0.25) is 9.59 Å². The molecule has 0 bridgehead atoms. The maximum Gasteiger partial charge on any atom is 0.365 e. The summed E-state index contributed by atoms with van der Waals surface area (Å²) in [4.78, 5) is 63.7. The maximum absolute atomic E-state index is 13.4. The summed E-state index contributed by atoms with van der Waals surface area (Å²) in [5, 5.41) is 0.